The van der Waals surface area contributed by atoms with Crippen molar-refractivity contribution < 1.29 is 4.42 Å². The van der Waals surface area contributed by atoms with Gasteiger partial charge in [0.1, 0.15) is 16.2 Å². The first-order valence-electron chi connectivity index (χ1n) is 17.4. The lowest BCUT2D eigenvalue weighted by molar-refractivity contribution is 0.669. The van der Waals surface area contributed by atoms with E-state index in [1.54, 1.807) is 11.3 Å². The number of para-hydroxylation sites is 2. The Morgan fingerprint density at radius 1 is 0.377 bits per heavy atom. The fourth-order valence-corrected chi connectivity index (χ4v) is 9.38. The predicted molar refractivity (Wildman–Crippen MR) is 220 cm³/mol. The van der Waals surface area contributed by atoms with Crippen LogP contribution in [0.1, 0.15) is 0 Å². The molecule has 248 valence electrons. The van der Waals surface area contributed by atoms with Crippen LogP contribution in [0.25, 0.3) is 108 Å². The summed E-state index contributed by atoms with van der Waals surface area (Å²) in [6.45, 7) is 0. The van der Waals surface area contributed by atoms with Gasteiger partial charge in [-0.1, -0.05) is 109 Å². The van der Waals surface area contributed by atoms with Crippen LogP contribution in [0.4, 0.5) is 0 Å². The molecule has 0 unspecified atom stereocenters. The van der Waals surface area contributed by atoms with Gasteiger partial charge in [-0.25, -0.2) is 19.9 Å². The van der Waals surface area contributed by atoms with Crippen LogP contribution in [0.3, 0.4) is 0 Å². The summed E-state index contributed by atoms with van der Waals surface area (Å²) in [5.41, 5.74) is 8.86. The standard InChI is InChI=1S/C46H26N4OS2/c1-2-10-27(11-3-1)43-48-44(50-45(49-43)30-20-22-34-33-14-4-6-18-38(33)51-39(34)26-30)29-13-8-12-28(24-29)32-15-9-16-35-36-25-31(21-23-40(36)52-42(32)35)46-47-37-17-5-7-19-41(37)53-46/h1-26H. The number of fused-ring (bicyclic) bond motifs is 7. The second kappa shape index (κ2) is 12.0. The van der Waals surface area contributed by atoms with E-state index in [4.69, 9.17) is 24.4 Å². The van der Waals surface area contributed by atoms with Crippen molar-refractivity contribution in [2.45, 2.75) is 0 Å². The topological polar surface area (TPSA) is 64.7 Å². The fraction of sp³-hybridized carbons (Fsp3) is 0. The quantitative estimate of drug-likeness (QED) is 0.178. The summed E-state index contributed by atoms with van der Waals surface area (Å²) in [6, 6.07) is 54.6. The van der Waals surface area contributed by atoms with Crippen LogP contribution in [-0.2, 0) is 0 Å². The van der Waals surface area contributed by atoms with E-state index in [1.165, 1.54) is 30.4 Å². The minimum absolute atomic E-state index is 0.595. The average Bonchev–Trinajstić information content (AvgIpc) is 3.94. The van der Waals surface area contributed by atoms with E-state index >= 15 is 0 Å². The normalized spacial score (nSPS) is 11.8. The first kappa shape index (κ1) is 30.1. The summed E-state index contributed by atoms with van der Waals surface area (Å²) in [4.78, 5) is 20.0. The van der Waals surface area contributed by atoms with E-state index < -0.39 is 0 Å². The summed E-state index contributed by atoms with van der Waals surface area (Å²) in [6.07, 6.45) is 0. The zero-order valence-electron chi connectivity index (χ0n) is 28.0. The predicted octanol–water partition coefficient (Wildman–Crippen LogP) is 13.1. The van der Waals surface area contributed by atoms with Gasteiger partial charge >= 0.3 is 0 Å². The molecule has 0 bridgehead atoms. The molecule has 7 heteroatoms. The van der Waals surface area contributed by atoms with Crippen LogP contribution < -0.4 is 0 Å². The highest BCUT2D eigenvalue weighted by Gasteiger charge is 2.17. The SMILES string of the molecule is c1ccc(-c2nc(-c3cccc(-c4cccc5c4sc4ccc(-c6nc7ccccc7s6)cc45)c3)nc(-c3ccc4c(c3)oc3ccccc34)n2)cc1. The Hall–Kier alpha value is -6.54. The van der Waals surface area contributed by atoms with Crippen molar-refractivity contribution in [2.75, 3.05) is 0 Å². The van der Waals surface area contributed by atoms with Crippen LogP contribution in [0.2, 0.25) is 0 Å². The van der Waals surface area contributed by atoms with Gasteiger partial charge in [-0.05, 0) is 59.7 Å². The van der Waals surface area contributed by atoms with E-state index in [2.05, 4.69) is 97.1 Å². The van der Waals surface area contributed by atoms with Crippen molar-refractivity contribution in [1.82, 2.24) is 19.9 Å². The number of thiophene rings is 1. The molecule has 11 aromatic rings. The molecule has 0 aliphatic carbocycles. The molecule has 0 amide bonds. The number of nitrogens with zero attached hydrogens (tertiary/aromatic N) is 4. The molecule has 0 spiro atoms. The lowest BCUT2D eigenvalue weighted by atomic mass is 10.00. The third-order valence-corrected chi connectivity index (χ3v) is 12.1. The molecule has 0 aliphatic heterocycles. The molecule has 5 nitrogen and oxygen atoms in total. The Morgan fingerprint density at radius 3 is 1.94 bits per heavy atom. The molecule has 53 heavy (non-hydrogen) atoms. The Balaban J connectivity index is 1.03. The van der Waals surface area contributed by atoms with Crippen molar-refractivity contribution >= 4 is 75.0 Å². The van der Waals surface area contributed by atoms with Gasteiger partial charge in [0.15, 0.2) is 17.5 Å². The van der Waals surface area contributed by atoms with Crippen molar-refractivity contribution in [1.29, 1.82) is 0 Å². The van der Waals surface area contributed by atoms with Crippen LogP contribution >= 0.6 is 22.7 Å². The highest BCUT2D eigenvalue weighted by molar-refractivity contribution is 7.26. The molecule has 0 fully saturated rings. The molecule has 4 heterocycles. The third-order valence-electron chi connectivity index (χ3n) is 9.77. The lowest BCUT2D eigenvalue weighted by Crippen LogP contribution is -2.00. The zero-order chi connectivity index (χ0) is 34.9. The van der Waals surface area contributed by atoms with Crippen LogP contribution in [-0.4, -0.2) is 19.9 Å². The Bertz CT molecular complexity index is 3160. The number of aromatic nitrogens is 4. The molecular formula is C46H26N4OS2. The molecule has 11 rings (SSSR count). The molecule has 0 radical (unpaired) electrons. The minimum Gasteiger partial charge on any atom is -0.456 e. The molecule has 7 aromatic carbocycles. The van der Waals surface area contributed by atoms with Gasteiger partial charge in [0, 0.05) is 53.2 Å². The van der Waals surface area contributed by atoms with Gasteiger partial charge in [0.2, 0.25) is 0 Å². The molecule has 0 saturated carbocycles. The summed E-state index contributed by atoms with van der Waals surface area (Å²) in [5.74, 6) is 1.83. The number of furan rings is 1. The second-order valence-electron chi connectivity index (χ2n) is 13.0. The van der Waals surface area contributed by atoms with Gasteiger partial charge in [-0.15, -0.1) is 22.7 Å². The van der Waals surface area contributed by atoms with Gasteiger partial charge in [0.25, 0.3) is 0 Å². The summed E-state index contributed by atoms with van der Waals surface area (Å²) in [5, 5.41) is 5.69. The maximum absolute atomic E-state index is 6.23. The van der Waals surface area contributed by atoms with E-state index in [0.717, 1.165) is 60.3 Å². The number of hydrogen-bond donors (Lipinski definition) is 0. The Labute approximate surface area is 311 Å². The minimum atomic E-state index is 0.595. The average molecular weight is 715 g/mol. The molecule has 0 aliphatic rings. The molecule has 0 saturated heterocycles. The summed E-state index contributed by atoms with van der Waals surface area (Å²) >= 11 is 3.57. The Kier molecular flexibility index (Phi) is 6.83. The monoisotopic (exact) mass is 714 g/mol. The lowest BCUT2D eigenvalue weighted by Gasteiger charge is -2.10. The number of benzene rings is 7. The van der Waals surface area contributed by atoms with E-state index in [1.807, 2.05) is 72.0 Å². The van der Waals surface area contributed by atoms with Crippen molar-refractivity contribution in [3.63, 3.8) is 0 Å². The maximum Gasteiger partial charge on any atom is 0.164 e. The van der Waals surface area contributed by atoms with Gasteiger partial charge in [0.05, 0.1) is 10.2 Å². The first-order valence-corrected chi connectivity index (χ1v) is 19.0. The van der Waals surface area contributed by atoms with Crippen LogP contribution in [0, 0.1) is 0 Å². The largest absolute Gasteiger partial charge is 0.456 e. The smallest absolute Gasteiger partial charge is 0.164 e. The fourth-order valence-electron chi connectivity index (χ4n) is 7.20. The van der Waals surface area contributed by atoms with E-state index in [0.29, 0.717) is 17.5 Å². The van der Waals surface area contributed by atoms with Gasteiger partial charge < -0.3 is 4.42 Å². The first-order chi connectivity index (χ1) is 26.2. The molecule has 0 atom stereocenters. The third kappa shape index (κ3) is 5.12. The second-order valence-corrected chi connectivity index (χ2v) is 15.1. The summed E-state index contributed by atoms with van der Waals surface area (Å²) < 4.78 is 9.94. The van der Waals surface area contributed by atoms with E-state index in [9.17, 15) is 0 Å². The van der Waals surface area contributed by atoms with Gasteiger partial charge in [-0.3, -0.25) is 0 Å². The van der Waals surface area contributed by atoms with Crippen molar-refractivity contribution in [3.05, 3.63) is 158 Å². The van der Waals surface area contributed by atoms with Crippen LogP contribution in [0.5, 0.6) is 0 Å². The highest BCUT2D eigenvalue weighted by atomic mass is 32.1. The molecular weight excluding hydrogens is 689 g/mol. The van der Waals surface area contributed by atoms with E-state index in [-0.39, 0.29) is 0 Å². The maximum atomic E-state index is 6.23. The number of hydrogen-bond acceptors (Lipinski definition) is 7. The van der Waals surface area contributed by atoms with Crippen LogP contribution in [0.15, 0.2) is 162 Å². The number of thiazole rings is 1. The highest BCUT2D eigenvalue weighted by Crippen LogP contribution is 2.43. The Morgan fingerprint density at radius 2 is 1.06 bits per heavy atom. The zero-order valence-corrected chi connectivity index (χ0v) is 29.7. The molecule has 0 N–H and O–H groups in total. The summed E-state index contributed by atoms with van der Waals surface area (Å²) in [7, 11) is 0. The van der Waals surface area contributed by atoms with Crippen molar-refractivity contribution in [2.24, 2.45) is 0 Å². The molecule has 4 aromatic heterocycles. The van der Waals surface area contributed by atoms with Crippen molar-refractivity contribution in [3.8, 4) is 55.9 Å². The van der Waals surface area contributed by atoms with Gasteiger partial charge in [-0.2, -0.15) is 0 Å². The number of rotatable bonds is 5.